The van der Waals surface area contributed by atoms with Gasteiger partial charge in [0.25, 0.3) is 5.69 Å². The second-order valence-electron chi connectivity index (χ2n) is 4.44. The third kappa shape index (κ3) is 4.62. The lowest BCUT2D eigenvalue weighted by molar-refractivity contribution is -0.388. The average Bonchev–Trinajstić information content (AvgIpc) is 2.37. The molecule has 0 bridgehead atoms. The SMILES string of the molecule is CC(CCNc1ccc([N+](=O)[O-])c(C(F)(F)F)c1)C(=O)O. The van der Waals surface area contributed by atoms with Crippen LogP contribution in [0.5, 0.6) is 0 Å². The van der Waals surface area contributed by atoms with Crippen LogP contribution in [0, 0.1) is 16.0 Å². The van der Waals surface area contributed by atoms with Crippen LogP contribution < -0.4 is 5.32 Å². The maximum atomic E-state index is 12.7. The van der Waals surface area contributed by atoms with Crippen molar-refractivity contribution in [3.05, 3.63) is 33.9 Å². The first-order valence-corrected chi connectivity index (χ1v) is 5.95. The predicted molar refractivity (Wildman–Crippen MR) is 68.0 cm³/mol. The van der Waals surface area contributed by atoms with Crippen LogP contribution in [0.25, 0.3) is 0 Å². The number of nitro benzene ring substituents is 1. The molecule has 0 aromatic heterocycles. The molecule has 9 heteroatoms. The van der Waals surface area contributed by atoms with E-state index in [1.54, 1.807) is 0 Å². The molecule has 0 fully saturated rings. The topological polar surface area (TPSA) is 92.5 Å². The first-order valence-electron chi connectivity index (χ1n) is 5.95. The minimum atomic E-state index is -4.84. The number of rotatable bonds is 6. The van der Waals surface area contributed by atoms with Crippen LogP contribution in [0.1, 0.15) is 18.9 Å². The van der Waals surface area contributed by atoms with E-state index in [0.29, 0.717) is 6.07 Å². The van der Waals surface area contributed by atoms with Gasteiger partial charge in [-0.2, -0.15) is 13.2 Å². The number of benzene rings is 1. The normalized spacial score (nSPS) is 12.8. The first kappa shape index (κ1) is 16.7. The number of carboxylic acid groups (broad SMARTS) is 1. The van der Waals surface area contributed by atoms with Gasteiger partial charge >= 0.3 is 12.1 Å². The van der Waals surface area contributed by atoms with Crippen molar-refractivity contribution in [3.63, 3.8) is 0 Å². The van der Waals surface area contributed by atoms with Gasteiger partial charge in [0.05, 0.1) is 10.8 Å². The number of nitro groups is 1. The number of hydrogen-bond acceptors (Lipinski definition) is 4. The molecule has 2 N–H and O–H groups in total. The van der Waals surface area contributed by atoms with E-state index in [4.69, 9.17) is 5.11 Å². The van der Waals surface area contributed by atoms with Gasteiger partial charge in [-0.05, 0) is 18.6 Å². The molecule has 21 heavy (non-hydrogen) atoms. The molecule has 0 aliphatic rings. The predicted octanol–water partition coefficient (Wildman–Crippen LogP) is 3.14. The molecule has 0 spiro atoms. The van der Waals surface area contributed by atoms with Crippen molar-refractivity contribution in [1.82, 2.24) is 0 Å². The summed E-state index contributed by atoms with van der Waals surface area (Å²) in [6, 6.07) is 2.56. The molecule has 6 nitrogen and oxygen atoms in total. The van der Waals surface area contributed by atoms with Crippen LogP contribution in [0.3, 0.4) is 0 Å². The Balaban J connectivity index is 2.86. The minimum Gasteiger partial charge on any atom is -0.481 e. The van der Waals surface area contributed by atoms with E-state index >= 15 is 0 Å². The lowest BCUT2D eigenvalue weighted by Gasteiger charge is -2.12. The summed E-state index contributed by atoms with van der Waals surface area (Å²) in [5, 5.41) is 21.9. The molecule has 116 valence electrons. The van der Waals surface area contributed by atoms with Gasteiger partial charge in [0.2, 0.25) is 0 Å². The summed E-state index contributed by atoms with van der Waals surface area (Å²) in [7, 11) is 0. The lowest BCUT2D eigenvalue weighted by Crippen LogP contribution is -2.15. The largest absolute Gasteiger partial charge is 0.481 e. The number of aliphatic carboxylic acids is 1. The molecular formula is C12H13F3N2O4. The smallest absolute Gasteiger partial charge is 0.423 e. The molecular weight excluding hydrogens is 293 g/mol. The highest BCUT2D eigenvalue weighted by Gasteiger charge is 2.38. The molecule has 0 saturated heterocycles. The van der Waals surface area contributed by atoms with Crippen LogP contribution >= 0.6 is 0 Å². The average molecular weight is 306 g/mol. The third-order valence-corrected chi connectivity index (χ3v) is 2.83. The fourth-order valence-corrected chi connectivity index (χ4v) is 1.59. The fraction of sp³-hybridized carbons (Fsp3) is 0.417. The summed E-state index contributed by atoms with van der Waals surface area (Å²) >= 11 is 0. The van der Waals surface area contributed by atoms with Crippen LogP contribution in [-0.2, 0) is 11.0 Å². The third-order valence-electron chi connectivity index (χ3n) is 2.83. The summed E-state index contributed by atoms with van der Waals surface area (Å²) in [6.45, 7) is 1.61. The molecule has 1 rings (SSSR count). The Hall–Kier alpha value is -2.32. The summed E-state index contributed by atoms with van der Waals surface area (Å²) in [5.74, 6) is -1.64. The van der Waals surface area contributed by atoms with Gasteiger partial charge < -0.3 is 10.4 Å². The number of carboxylic acids is 1. The van der Waals surface area contributed by atoms with E-state index in [1.165, 1.54) is 6.92 Å². The van der Waals surface area contributed by atoms with Gasteiger partial charge in [-0.3, -0.25) is 14.9 Å². The Kier molecular flexibility index (Phi) is 5.12. The molecule has 0 aliphatic carbocycles. The molecule has 0 saturated carbocycles. The van der Waals surface area contributed by atoms with Crippen LogP contribution in [0.2, 0.25) is 0 Å². The van der Waals surface area contributed by atoms with Crippen LogP contribution in [-0.4, -0.2) is 22.5 Å². The van der Waals surface area contributed by atoms with Crippen molar-refractivity contribution >= 4 is 17.3 Å². The van der Waals surface area contributed by atoms with Gasteiger partial charge in [-0.15, -0.1) is 0 Å². The number of nitrogens with one attached hydrogen (secondary N) is 1. The molecule has 0 radical (unpaired) electrons. The van der Waals surface area contributed by atoms with Gasteiger partial charge in [-0.25, -0.2) is 0 Å². The Bertz CT molecular complexity index is 546. The summed E-state index contributed by atoms with van der Waals surface area (Å²) in [4.78, 5) is 20.1. The highest BCUT2D eigenvalue weighted by Crippen LogP contribution is 2.37. The zero-order valence-corrected chi connectivity index (χ0v) is 11.0. The number of hydrogen-bond donors (Lipinski definition) is 2. The molecule has 1 atom stereocenters. The van der Waals surface area contributed by atoms with Gasteiger partial charge in [-0.1, -0.05) is 6.92 Å². The minimum absolute atomic E-state index is 0.0468. The zero-order valence-electron chi connectivity index (χ0n) is 11.0. The van der Waals surface area contributed by atoms with Crippen molar-refractivity contribution < 1.29 is 28.0 Å². The fourth-order valence-electron chi connectivity index (χ4n) is 1.59. The van der Waals surface area contributed by atoms with Crippen molar-refractivity contribution in [1.29, 1.82) is 0 Å². The van der Waals surface area contributed by atoms with E-state index in [2.05, 4.69) is 5.32 Å². The number of nitrogens with zero attached hydrogens (tertiary/aromatic N) is 1. The number of halogens is 3. The number of carbonyl (C=O) groups is 1. The van der Waals surface area contributed by atoms with E-state index in [1.807, 2.05) is 0 Å². The lowest BCUT2D eigenvalue weighted by atomic mass is 10.1. The second kappa shape index (κ2) is 6.42. The van der Waals surface area contributed by atoms with Crippen molar-refractivity contribution in [2.75, 3.05) is 11.9 Å². The standard InChI is InChI=1S/C12H13F3N2O4/c1-7(11(18)19)4-5-16-8-2-3-10(17(20)21)9(6-8)12(13,14)15/h2-3,6-7,16H,4-5H2,1H3,(H,18,19). The number of anilines is 1. The zero-order chi connectivity index (χ0) is 16.2. The van der Waals surface area contributed by atoms with E-state index in [-0.39, 0.29) is 18.7 Å². The van der Waals surface area contributed by atoms with Gasteiger partial charge in [0, 0.05) is 18.3 Å². The number of alkyl halides is 3. The van der Waals surface area contributed by atoms with Gasteiger partial charge in [0.15, 0.2) is 0 Å². The Labute approximate surface area is 117 Å². The van der Waals surface area contributed by atoms with Crippen molar-refractivity contribution in [2.45, 2.75) is 19.5 Å². The molecule has 1 aromatic carbocycles. The Morgan fingerprint density at radius 2 is 2.10 bits per heavy atom. The van der Waals surface area contributed by atoms with Crippen molar-refractivity contribution in [3.8, 4) is 0 Å². The monoisotopic (exact) mass is 306 g/mol. The van der Waals surface area contributed by atoms with E-state index in [0.717, 1.165) is 12.1 Å². The highest BCUT2D eigenvalue weighted by atomic mass is 19.4. The molecule has 1 unspecified atom stereocenters. The van der Waals surface area contributed by atoms with Crippen LogP contribution in [0.4, 0.5) is 24.5 Å². The highest BCUT2D eigenvalue weighted by molar-refractivity contribution is 5.69. The van der Waals surface area contributed by atoms with Crippen molar-refractivity contribution in [2.24, 2.45) is 5.92 Å². The summed E-state index contributed by atoms with van der Waals surface area (Å²) in [5.41, 5.74) is -2.32. The Morgan fingerprint density at radius 1 is 1.48 bits per heavy atom. The first-order chi connectivity index (χ1) is 9.62. The van der Waals surface area contributed by atoms with Gasteiger partial charge in [0.1, 0.15) is 5.56 Å². The summed E-state index contributed by atoms with van der Waals surface area (Å²) in [6.07, 6.45) is -4.62. The second-order valence-corrected chi connectivity index (χ2v) is 4.44. The Morgan fingerprint density at radius 3 is 2.57 bits per heavy atom. The maximum Gasteiger partial charge on any atom is 0.423 e. The van der Waals surface area contributed by atoms with E-state index < -0.39 is 34.2 Å². The molecule has 1 aromatic rings. The quantitative estimate of drug-likeness (QED) is 0.622. The maximum absolute atomic E-state index is 12.7. The van der Waals surface area contributed by atoms with Crippen LogP contribution in [0.15, 0.2) is 18.2 Å². The molecule has 0 amide bonds. The summed E-state index contributed by atoms with van der Waals surface area (Å²) < 4.78 is 38.2. The van der Waals surface area contributed by atoms with E-state index in [9.17, 15) is 28.1 Å². The molecule has 0 aliphatic heterocycles. The molecule has 0 heterocycles.